The van der Waals surface area contributed by atoms with Crippen molar-refractivity contribution in [2.75, 3.05) is 17.2 Å². The van der Waals surface area contributed by atoms with Gasteiger partial charge in [-0.05, 0) is 12.1 Å². The van der Waals surface area contributed by atoms with E-state index in [0.29, 0.717) is 24.3 Å². The quantitative estimate of drug-likeness (QED) is 0.526. The Morgan fingerprint density at radius 1 is 1.32 bits per heavy atom. The van der Waals surface area contributed by atoms with Crippen LogP contribution in [0.4, 0.5) is 11.6 Å². The zero-order valence-electron chi connectivity index (χ0n) is 13.3. The van der Waals surface area contributed by atoms with E-state index in [1.54, 1.807) is 30.7 Å². The highest BCUT2D eigenvalue weighted by atomic mass is 16.3. The molecule has 1 aliphatic heterocycles. The molecule has 3 aromatic heterocycles. The van der Waals surface area contributed by atoms with Crippen LogP contribution in [0, 0.1) is 0 Å². The van der Waals surface area contributed by atoms with E-state index in [1.807, 2.05) is 4.90 Å². The molecule has 2 unspecified atom stereocenters. The molecule has 0 saturated carbocycles. The first-order valence-corrected chi connectivity index (χ1v) is 7.83. The molecule has 25 heavy (non-hydrogen) atoms. The van der Waals surface area contributed by atoms with E-state index in [2.05, 4.69) is 19.9 Å². The molecule has 1 saturated heterocycles. The van der Waals surface area contributed by atoms with Crippen LogP contribution in [0.25, 0.3) is 22.3 Å². The second kappa shape index (κ2) is 5.71. The average molecular weight is 339 g/mol. The first-order chi connectivity index (χ1) is 12.0. The zero-order chi connectivity index (χ0) is 17.6. The summed E-state index contributed by atoms with van der Waals surface area (Å²) >= 11 is 0. The highest BCUT2D eigenvalue weighted by Gasteiger charge is 2.36. The molecule has 0 aromatic carbocycles. The molecular formula is C16H17N7O2. The summed E-state index contributed by atoms with van der Waals surface area (Å²) in [7, 11) is 0. The van der Waals surface area contributed by atoms with Gasteiger partial charge in [0, 0.05) is 37.1 Å². The van der Waals surface area contributed by atoms with Crippen LogP contribution in [0.15, 0.2) is 30.7 Å². The summed E-state index contributed by atoms with van der Waals surface area (Å²) in [4.78, 5) is 29.2. The number of rotatable bonds is 3. The Hall–Kier alpha value is -3.20. The Morgan fingerprint density at radius 3 is 2.88 bits per heavy atom. The van der Waals surface area contributed by atoms with Crippen LogP contribution in [-0.4, -0.2) is 49.6 Å². The summed E-state index contributed by atoms with van der Waals surface area (Å²) in [6.45, 7) is 0.323. The minimum atomic E-state index is -0.613. The summed E-state index contributed by atoms with van der Waals surface area (Å²) in [5.41, 5.74) is 14.1. The number of aromatic amines is 1. The number of carbonyl (C=O) groups excluding carboxylic acids is 1. The lowest BCUT2D eigenvalue weighted by molar-refractivity contribution is -0.119. The van der Waals surface area contributed by atoms with Crippen molar-refractivity contribution in [3.8, 4) is 11.3 Å². The van der Waals surface area contributed by atoms with Crippen LogP contribution in [0.5, 0.6) is 0 Å². The molecule has 6 N–H and O–H groups in total. The molecule has 0 radical (unpaired) electrons. The standard InChI is InChI=1S/C16H17N7O2/c17-14(25)12-5-8(24)7-23(12)11-2-4-19-15-13(11)9(6-21-15)10-1-3-20-16(18)22-10/h1-4,6,8,12,24H,5,7H2,(H2,17,25)(H,19,21)(H2,18,20,22). The molecule has 0 aliphatic carbocycles. The SMILES string of the molecule is NC(=O)C1CC(O)CN1c1ccnc2[nH]cc(-c3ccnc(N)n3)c12. The molecule has 9 heteroatoms. The van der Waals surface area contributed by atoms with E-state index in [1.165, 1.54) is 0 Å². The molecule has 128 valence electrons. The number of aromatic nitrogens is 4. The topological polar surface area (TPSA) is 147 Å². The molecule has 4 rings (SSSR count). The Morgan fingerprint density at radius 2 is 2.12 bits per heavy atom. The van der Waals surface area contributed by atoms with Gasteiger partial charge in [-0.15, -0.1) is 0 Å². The largest absolute Gasteiger partial charge is 0.391 e. The van der Waals surface area contributed by atoms with Crippen molar-refractivity contribution in [1.29, 1.82) is 0 Å². The molecule has 0 bridgehead atoms. The molecule has 1 fully saturated rings. The monoisotopic (exact) mass is 339 g/mol. The number of anilines is 2. The molecule has 2 atom stereocenters. The van der Waals surface area contributed by atoms with Gasteiger partial charge in [0.1, 0.15) is 11.7 Å². The number of nitrogens with zero attached hydrogens (tertiary/aromatic N) is 4. The lowest BCUT2D eigenvalue weighted by Crippen LogP contribution is -2.40. The van der Waals surface area contributed by atoms with Gasteiger partial charge in [-0.25, -0.2) is 15.0 Å². The Kier molecular flexibility index (Phi) is 3.50. The lowest BCUT2D eigenvalue weighted by Gasteiger charge is -2.25. The number of aliphatic hydroxyl groups excluding tert-OH is 1. The normalized spacial score (nSPS) is 20.3. The van der Waals surface area contributed by atoms with E-state index in [4.69, 9.17) is 11.5 Å². The second-order valence-electron chi connectivity index (χ2n) is 6.02. The Bertz CT molecular complexity index is 955. The van der Waals surface area contributed by atoms with Crippen molar-refractivity contribution in [3.63, 3.8) is 0 Å². The number of β-amino-alcohol motifs (C(OH)–C–C–N with tert-alkyl or cyclic N) is 1. The summed E-state index contributed by atoms with van der Waals surface area (Å²) < 4.78 is 0. The number of nitrogens with two attached hydrogens (primary N) is 2. The van der Waals surface area contributed by atoms with Crippen molar-refractivity contribution >= 4 is 28.6 Å². The third-order valence-electron chi connectivity index (χ3n) is 4.42. The van der Waals surface area contributed by atoms with Gasteiger partial charge in [-0.2, -0.15) is 0 Å². The number of hydrogen-bond donors (Lipinski definition) is 4. The predicted octanol–water partition coefficient (Wildman–Crippen LogP) is 0.0270. The van der Waals surface area contributed by atoms with Crippen LogP contribution in [0.1, 0.15) is 6.42 Å². The van der Waals surface area contributed by atoms with Crippen molar-refractivity contribution in [3.05, 3.63) is 30.7 Å². The lowest BCUT2D eigenvalue weighted by atomic mass is 10.1. The number of nitrogens with one attached hydrogen (secondary N) is 1. The van der Waals surface area contributed by atoms with Gasteiger partial charge < -0.3 is 26.5 Å². The third kappa shape index (κ3) is 2.54. The summed E-state index contributed by atoms with van der Waals surface area (Å²) in [5, 5.41) is 10.8. The van der Waals surface area contributed by atoms with Gasteiger partial charge in [0.05, 0.1) is 22.9 Å². The summed E-state index contributed by atoms with van der Waals surface area (Å²) in [6, 6.07) is 2.98. The number of fused-ring (bicyclic) bond motifs is 1. The zero-order valence-corrected chi connectivity index (χ0v) is 13.3. The maximum Gasteiger partial charge on any atom is 0.240 e. The highest BCUT2D eigenvalue weighted by molar-refractivity contribution is 6.03. The van der Waals surface area contributed by atoms with Crippen LogP contribution in [-0.2, 0) is 4.79 Å². The van der Waals surface area contributed by atoms with E-state index < -0.39 is 18.1 Å². The van der Waals surface area contributed by atoms with Crippen LogP contribution in [0.3, 0.4) is 0 Å². The van der Waals surface area contributed by atoms with Gasteiger partial charge in [0.2, 0.25) is 11.9 Å². The van der Waals surface area contributed by atoms with E-state index in [-0.39, 0.29) is 5.95 Å². The second-order valence-corrected chi connectivity index (χ2v) is 6.02. The van der Waals surface area contributed by atoms with Crippen molar-refractivity contribution in [2.24, 2.45) is 5.73 Å². The maximum atomic E-state index is 11.8. The molecule has 4 heterocycles. The smallest absolute Gasteiger partial charge is 0.240 e. The summed E-state index contributed by atoms with van der Waals surface area (Å²) in [5.74, 6) is -0.297. The fourth-order valence-corrected chi connectivity index (χ4v) is 3.35. The minimum absolute atomic E-state index is 0.170. The first-order valence-electron chi connectivity index (χ1n) is 7.83. The molecule has 3 aromatic rings. The highest BCUT2D eigenvalue weighted by Crippen LogP contribution is 2.37. The number of H-pyrrole nitrogens is 1. The van der Waals surface area contributed by atoms with E-state index in [0.717, 1.165) is 16.6 Å². The number of aliphatic hydroxyl groups is 1. The number of primary amides is 1. The number of hydrogen-bond acceptors (Lipinski definition) is 7. The average Bonchev–Trinajstić information content (AvgIpc) is 3.18. The van der Waals surface area contributed by atoms with Gasteiger partial charge >= 0.3 is 0 Å². The van der Waals surface area contributed by atoms with Crippen molar-refractivity contribution < 1.29 is 9.90 Å². The van der Waals surface area contributed by atoms with Crippen LogP contribution >= 0.6 is 0 Å². The van der Waals surface area contributed by atoms with Gasteiger partial charge in [-0.3, -0.25) is 4.79 Å². The van der Waals surface area contributed by atoms with Gasteiger partial charge in [-0.1, -0.05) is 0 Å². The van der Waals surface area contributed by atoms with Crippen molar-refractivity contribution in [2.45, 2.75) is 18.6 Å². The predicted molar refractivity (Wildman–Crippen MR) is 92.5 cm³/mol. The molecule has 9 nitrogen and oxygen atoms in total. The van der Waals surface area contributed by atoms with Crippen molar-refractivity contribution in [1.82, 2.24) is 19.9 Å². The van der Waals surface area contributed by atoms with Crippen LogP contribution < -0.4 is 16.4 Å². The Balaban J connectivity index is 1.90. The number of nitrogen functional groups attached to an aromatic ring is 1. The fourth-order valence-electron chi connectivity index (χ4n) is 3.35. The van der Waals surface area contributed by atoms with Crippen LogP contribution in [0.2, 0.25) is 0 Å². The maximum absolute atomic E-state index is 11.8. The molecule has 1 aliphatic rings. The van der Waals surface area contributed by atoms with Gasteiger partial charge in [0.15, 0.2) is 0 Å². The fraction of sp³-hybridized carbons (Fsp3) is 0.250. The molecular weight excluding hydrogens is 322 g/mol. The Labute approximate surface area is 142 Å². The summed E-state index contributed by atoms with van der Waals surface area (Å²) in [6.07, 6.45) is 4.71. The van der Waals surface area contributed by atoms with Gasteiger partial charge in [0.25, 0.3) is 0 Å². The third-order valence-corrected chi connectivity index (χ3v) is 4.42. The first kappa shape index (κ1) is 15.3. The molecule has 0 spiro atoms. The number of carbonyl (C=O) groups is 1. The van der Waals surface area contributed by atoms with E-state index >= 15 is 0 Å². The molecule has 1 amide bonds. The minimum Gasteiger partial charge on any atom is -0.391 e. The van der Waals surface area contributed by atoms with E-state index in [9.17, 15) is 9.90 Å². The number of amides is 1. The number of pyridine rings is 1.